The monoisotopic (exact) mass is 355 g/mol. The number of benzene rings is 1. The number of methoxy groups -OCH3 is 2. The summed E-state index contributed by atoms with van der Waals surface area (Å²) in [7, 11) is 3.33. The smallest absolute Gasteiger partial charge is 0.174 e. The van der Waals surface area contributed by atoms with E-state index in [0.717, 1.165) is 34.4 Å². The van der Waals surface area contributed by atoms with E-state index in [-0.39, 0.29) is 0 Å². The average Bonchev–Trinajstić information content (AvgIpc) is 2.43. The minimum atomic E-state index is 0.621. The van der Waals surface area contributed by atoms with Gasteiger partial charge in [0, 0.05) is 12.6 Å². The molecule has 21 heavy (non-hydrogen) atoms. The highest BCUT2D eigenvalue weighted by Gasteiger charge is 2.23. The number of nitrogens with one attached hydrogen (secondary N) is 1. The molecule has 0 amide bonds. The summed E-state index contributed by atoms with van der Waals surface area (Å²) >= 11 is 3.55. The first-order valence-electron chi connectivity index (χ1n) is 7.67. The zero-order valence-electron chi connectivity index (χ0n) is 13.4. The van der Waals surface area contributed by atoms with Crippen molar-refractivity contribution in [3.63, 3.8) is 0 Å². The van der Waals surface area contributed by atoms with Gasteiger partial charge in [-0.2, -0.15) is 0 Å². The summed E-state index contributed by atoms with van der Waals surface area (Å²) in [6, 6.07) is 4.77. The maximum absolute atomic E-state index is 5.40. The average molecular weight is 356 g/mol. The molecular formula is C17H26BrNO2. The van der Waals surface area contributed by atoms with Crippen LogP contribution in [-0.2, 0) is 6.54 Å². The van der Waals surface area contributed by atoms with Crippen LogP contribution in [0.2, 0.25) is 0 Å². The van der Waals surface area contributed by atoms with E-state index < -0.39 is 0 Å². The highest BCUT2D eigenvalue weighted by atomic mass is 79.9. The highest BCUT2D eigenvalue weighted by molar-refractivity contribution is 9.10. The summed E-state index contributed by atoms with van der Waals surface area (Å²) in [6.07, 6.45) is 3.91. The molecule has 1 fully saturated rings. The predicted molar refractivity (Wildman–Crippen MR) is 90.1 cm³/mol. The molecule has 4 heteroatoms. The normalized spacial score (nSPS) is 25.7. The molecule has 2 rings (SSSR count). The first kappa shape index (κ1) is 16.6. The van der Waals surface area contributed by atoms with Crippen LogP contribution in [0.1, 0.15) is 38.7 Å². The van der Waals surface area contributed by atoms with Crippen molar-refractivity contribution >= 4 is 15.9 Å². The maximum atomic E-state index is 5.40. The summed E-state index contributed by atoms with van der Waals surface area (Å²) in [5.41, 5.74) is 1.21. The third-order valence-electron chi connectivity index (χ3n) is 4.27. The van der Waals surface area contributed by atoms with Gasteiger partial charge in [0.25, 0.3) is 0 Å². The van der Waals surface area contributed by atoms with Crippen LogP contribution in [0.3, 0.4) is 0 Å². The van der Waals surface area contributed by atoms with Gasteiger partial charge in [0.2, 0.25) is 0 Å². The van der Waals surface area contributed by atoms with Crippen molar-refractivity contribution in [2.45, 2.75) is 45.7 Å². The fraction of sp³-hybridized carbons (Fsp3) is 0.647. The number of halogens is 1. The molecule has 0 spiro atoms. The van der Waals surface area contributed by atoms with E-state index in [1.807, 2.05) is 6.07 Å². The van der Waals surface area contributed by atoms with Crippen LogP contribution >= 0.6 is 15.9 Å². The molecular weight excluding hydrogens is 330 g/mol. The van der Waals surface area contributed by atoms with Gasteiger partial charge in [-0.05, 0) is 64.7 Å². The lowest BCUT2D eigenvalue weighted by Gasteiger charge is -2.32. The Morgan fingerprint density at radius 2 is 1.76 bits per heavy atom. The lowest BCUT2D eigenvalue weighted by Crippen LogP contribution is -2.35. The molecule has 1 aliphatic carbocycles. The number of rotatable bonds is 5. The zero-order chi connectivity index (χ0) is 15.4. The number of hydrogen-bond donors (Lipinski definition) is 1. The molecule has 118 valence electrons. The van der Waals surface area contributed by atoms with Gasteiger partial charge in [-0.15, -0.1) is 0 Å². The van der Waals surface area contributed by atoms with Gasteiger partial charge >= 0.3 is 0 Å². The van der Waals surface area contributed by atoms with Crippen LogP contribution in [0, 0.1) is 11.8 Å². The van der Waals surface area contributed by atoms with Crippen molar-refractivity contribution in [1.29, 1.82) is 0 Å². The van der Waals surface area contributed by atoms with Crippen molar-refractivity contribution in [3.8, 4) is 11.5 Å². The van der Waals surface area contributed by atoms with Gasteiger partial charge < -0.3 is 14.8 Å². The van der Waals surface area contributed by atoms with Crippen LogP contribution in [0.25, 0.3) is 0 Å². The molecule has 2 atom stereocenters. The molecule has 3 nitrogen and oxygen atoms in total. The second-order valence-electron chi connectivity index (χ2n) is 6.31. The third kappa shape index (κ3) is 4.36. The molecule has 0 heterocycles. The van der Waals surface area contributed by atoms with E-state index >= 15 is 0 Å². The van der Waals surface area contributed by atoms with Gasteiger partial charge in [-0.1, -0.05) is 13.8 Å². The molecule has 1 aliphatic rings. The Bertz CT molecular complexity index is 468. The van der Waals surface area contributed by atoms with Crippen molar-refractivity contribution in [2.75, 3.05) is 14.2 Å². The Morgan fingerprint density at radius 1 is 1.10 bits per heavy atom. The van der Waals surface area contributed by atoms with E-state index in [4.69, 9.17) is 9.47 Å². The Kier molecular flexibility index (Phi) is 5.94. The second kappa shape index (κ2) is 7.50. The van der Waals surface area contributed by atoms with E-state index in [1.165, 1.54) is 24.8 Å². The van der Waals surface area contributed by atoms with Crippen molar-refractivity contribution in [2.24, 2.45) is 11.8 Å². The van der Waals surface area contributed by atoms with E-state index in [1.54, 1.807) is 14.2 Å². The van der Waals surface area contributed by atoms with Crippen LogP contribution in [0.4, 0.5) is 0 Å². The first-order valence-corrected chi connectivity index (χ1v) is 8.46. The van der Waals surface area contributed by atoms with Crippen LogP contribution in [0.15, 0.2) is 16.6 Å². The Morgan fingerprint density at radius 3 is 2.33 bits per heavy atom. The SMILES string of the molecule is COc1cc(CNC2CC(C)CC(C)C2)cc(Br)c1OC. The van der Waals surface area contributed by atoms with E-state index in [2.05, 4.69) is 41.2 Å². The van der Waals surface area contributed by atoms with Crippen LogP contribution in [-0.4, -0.2) is 20.3 Å². The molecule has 1 aromatic rings. The highest BCUT2D eigenvalue weighted by Crippen LogP contribution is 2.36. The summed E-state index contributed by atoms with van der Waals surface area (Å²) in [4.78, 5) is 0. The summed E-state index contributed by atoms with van der Waals surface area (Å²) in [5, 5.41) is 3.70. The van der Waals surface area contributed by atoms with Gasteiger partial charge in [-0.25, -0.2) is 0 Å². The second-order valence-corrected chi connectivity index (χ2v) is 7.16. The largest absolute Gasteiger partial charge is 0.493 e. The molecule has 1 saturated carbocycles. The molecule has 0 saturated heterocycles. The lowest BCUT2D eigenvalue weighted by molar-refractivity contribution is 0.238. The fourth-order valence-electron chi connectivity index (χ4n) is 3.45. The minimum absolute atomic E-state index is 0.621. The molecule has 0 bridgehead atoms. The van der Waals surface area contributed by atoms with Gasteiger partial charge in [-0.3, -0.25) is 0 Å². The summed E-state index contributed by atoms with van der Waals surface area (Å²) in [6.45, 7) is 5.58. The number of ether oxygens (including phenoxy) is 2. The Hall–Kier alpha value is -0.740. The third-order valence-corrected chi connectivity index (χ3v) is 4.86. The van der Waals surface area contributed by atoms with Gasteiger partial charge in [0.1, 0.15) is 0 Å². The van der Waals surface area contributed by atoms with Crippen molar-refractivity contribution in [3.05, 3.63) is 22.2 Å². The summed E-state index contributed by atoms with van der Waals surface area (Å²) in [5.74, 6) is 3.17. The lowest BCUT2D eigenvalue weighted by atomic mass is 9.80. The quantitative estimate of drug-likeness (QED) is 0.849. The van der Waals surface area contributed by atoms with E-state index in [9.17, 15) is 0 Å². The van der Waals surface area contributed by atoms with E-state index in [0.29, 0.717) is 6.04 Å². The van der Waals surface area contributed by atoms with Gasteiger partial charge in [0.15, 0.2) is 11.5 Å². The Balaban J connectivity index is 2.01. The van der Waals surface area contributed by atoms with Crippen molar-refractivity contribution in [1.82, 2.24) is 5.32 Å². The minimum Gasteiger partial charge on any atom is -0.493 e. The molecule has 1 aromatic carbocycles. The molecule has 2 unspecified atom stereocenters. The molecule has 0 radical (unpaired) electrons. The van der Waals surface area contributed by atoms with Crippen molar-refractivity contribution < 1.29 is 9.47 Å². The fourth-order valence-corrected chi connectivity index (χ4v) is 4.10. The van der Waals surface area contributed by atoms with Crippen LogP contribution in [0.5, 0.6) is 11.5 Å². The molecule has 0 aliphatic heterocycles. The summed E-state index contributed by atoms with van der Waals surface area (Å²) < 4.78 is 11.7. The number of hydrogen-bond acceptors (Lipinski definition) is 3. The Labute approximate surface area is 136 Å². The maximum Gasteiger partial charge on any atom is 0.174 e. The standard InChI is InChI=1S/C17H26BrNO2/c1-11-5-12(2)7-14(6-11)19-10-13-8-15(18)17(21-4)16(9-13)20-3/h8-9,11-12,14,19H,5-7,10H2,1-4H3. The predicted octanol–water partition coefficient (Wildman–Crippen LogP) is 4.38. The van der Waals surface area contributed by atoms with Gasteiger partial charge in [0.05, 0.1) is 18.7 Å². The molecule has 0 aromatic heterocycles. The first-order chi connectivity index (χ1) is 10.0. The topological polar surface area (TPSA) is 30.5 Å². The van der Waals surface area contributed by atoms with Crippen LogP contribution < -0.4 is 14.8 Å². The zero-order valence-corrected chi connectivity index (χ0v) is 15.0. The molecule has 1 N–H and O–H groups in total.